The van der Waals surface area contributed by atoms with Crippen LogP contribution in [0.5, 0.6) is 0 Å². The quantitative estimate of drug-likeness (QED) is 0.870. The Balaban J connectivity index is 1.98. The normalized spacial score (nSPS) is 22.5. The van der Waals surface area contributed by atoms with E-state index in [4.69, 9.17) is 0 Å². The van der Waals surface area contributed by atoms with Gasteiger partial charge in [0.05, 0.1) is 11.0 Å². The van der Waals surface area contributed by atoms with Crippen LogP contribution in [0.2, 0.25) is 0 Å². The van der Waals surface area contributed by atoms with Gasteiger partial charge in [0, 0.05) is 18.3 Å². The van der Waals surface area contributed by atoms with E-state index in [1.165, 1.54) is 6.33 Å². The highest BCUT2D eigenvalue weighted by Crippen LogP contribution is 2.20. The van der Waals surface area contributed by atoms with Gasteiger partial charge in [-0.15, -0.1) is 0 Å². The largest absolute Gasteiger partial charge is 0.369 e. The van der Waals surface area contributed by atoms with E-state index in [0.29, 0.717) is 18.1 Å². The van der Waals surface area contributed by atoms with Crippen molar-refractivity contribution in [1.82, 2.24) is 9.97 Å². The van der Waals surface area contributed by atoms with Crippen LogP contribution in [-0.4, -0.2) is 35.9 Å². The minimum atomic E-state index is -2.88. The Morgan fingerprint density at radius 1 is 1.47 bits per heavy atom. The topological polar surface area (TPSA) is 72.0 Å². The molecule has 1 aromatic rings. The minimum Gasteiger partial charge on any atom is -0.369 e. The second kappa shape index (κ2) is 5.00. The molecule has 1 atom stereocenters. The second-order valence-corrected chi connectivity index (χ2v) is 6.66. The molecule has 1 saturated heterocycles. The molecule has 1 aliphatic rings. The van der Waals surface area contributed by atoms with Gasteiger partial charge >= 0.3 is 0 Å². The van der Waals surface area contributed by atoms with Gasteiger partial charge in [0.2, 0.25) is 0 Å². The fraction of sp³-hybridized carbons (Fsp3) is 0.636. The van der Waals surface area contributed by atoms with Crippen LogP contribution in [0.15, 0.2) is 12.4 Å². The van der Waals surface area contributed by atoms with Gasteiger partial charge in [-0.3, -0.25) is 0 Å². The Labute approximate surface area is 102 Å². The number of aromatic nitrogens is 2. The molecule has 5 nitrogen and oxygen atoms in total. The zero-order valence-corrected chi connectivity index (χ0v) is 10.7. The maximum atomic E-state index is 11.6. The number of anilines is 1. The van der Waals surface area contributed by atoms with Crippen molar-refractivity contribution in [3.63, 3.8) is 0 Å². The highest BCUT2D eigenvalue weighted by atomic mass is 32.2. The van der Waals surface area contributed by atoms with Gasteiger partial charge in [-0.25, -0.2) is 18.4 Å². The van der Waals surface area contributed by atoms with Crippen LogP contribution in [0.3, 0.4) is 0 Å². The van der Waals surface area contributed by atoms with E-state index in [1.54, 1.807) is 0 Å². The molecule has 94 valence electrons. The van der Waals surface area contributed by atoms with Gasteiger partial charge in [0.1, 0.15) is 12.1 Å². The fourth-order valence-corrected chi connectivity index (χ4v) is 3.76. The van der Waals surface area contributed by atoms with Crippen LogP contribution >= 0.6 is 0 Å². The Kier molecular flexibility index (Phi) is 3.61. The van der Waals surface area contributed by atoms with E-state index < -0.39 is 9.84 Å². The number of nitrogens with one attached hydrogen (secondary N) is 1. The summed E-state index contributed by atoms with van der Waals surface area (Å²) in [6, 6.07) is 1.86. The lowest BCUT2D eigenvalue weighted by Gasteiger charge is -2.11. The summed E-state index contributed by atoms with van der Waals surface area (Å²) in [6.07, 6.45) is 3.88. The highest BCUT2D eigenvalue weighted by Gasteiger charge is 2.30. The van der Waals surface area contributed by atoms with Crippen LogP contribution in [-0.2, 0) is 16.3 Å². The van der Waals surface area contributed by atoms with Gasteiger partial charge in [0.25, 0.3) is 0 Å². The summed E-state index contributed by atoms with van der Waals surface area (Å²) in [5.74, 6) is 1.03. The van der Waals surface area contributed by atoms with Crippen molar-refractivity contribution in [3.05, 3.63) is 18.1 Å². The molecule has 0 radical (unpaired) electrons. The van der Waals surface area contributed by atoms with Gasteiger partial charge < -0.3 is 5.32 Å². The lowest BCUT2D eigenvalue weighted by Crippen LogP contribution is -2.25. The molecular formula is C11H17N3O2S. The third kappa shape index (κ3) is 2.94. The molecule has 0 amide bonds. The maximum absolute atomic E-state index is 11.6. The molecule has 2 rings (SSSR count). The number of hydrogen-bond acceptors (Lipinski definition) is 5. The predicted molar refractivity (Wildman–Crippen MR) is 66.7 cm³/mol. The molecule has 1 aromatic heterocycles. The van der Waals surface area contributed by atoms with E-state index >= 15 is 0 Å². The SMILES string of the molecule is CCc1cc(NCC2CCCS2(=O)=O)ncn1. The van der Waals surface area contributed by atoms with E-state index in [1.807, 2.05) is 13.0 Å². The van der Waals surface area contributed by atoms with Crippen LogP contribution in [0.4, 0.5) is 5.82 Å². The molecule has 0 saturated carbocycles. The molecule has 17 heavy (non-hydrogen) atoms. The molecule has 1 unspecified atom stereocenters. The zero-order chi connectivity index (χ0) is 12.3. The first-order chi connectivity index (χ1) is 8.12. The average Bonchev–Trinajstić information content (AvgIpc) is 2.66. The van der Waals surface area contributed by atoms with E-state index in [9.17, 15) is 8.42 Å². The first-order valence-electron chi connectivity index (χ1n) is 5.88. The summed E-state index contributed by atoms with van der Waals surface area (Å²) >= 11 is 0. The van der Waals surface area contributed by atoms with E-state index in [-0.39, 0.29) is 5.25 Å². The smallest absolute Gasteiger partial charge is 0.154 e. The van der Waals surface area contributed by atoms with Crippen molar-refractivity contribution in [2.45, 2.75) is 31.4 Å². The molecular weight excluding hydrogens is 238 g/mol. The van der Waals surface area contributed by atoms with Crippen molar-refractivity contribution >= 4 is 15.7 Å². The Hall–Kier alpha value is -1.17. The molecule has 1 fully saturated rings. The molecule has 0 aliphatic carbocycles. The zero-order valence-electron chi connectivity index (χ0n) is 9.89. The monoisotopic (exact) mass is 255 g/mol. The van der Waals surface area contributed by atoms with Crippen molar-refractivity contribution < 1.29 is 8.42 Å². The fourth-order valence-electron chi connectivity index (χ4n) is 1.99. The lowest BCUT2D eigenvalue weighted by atomic mass is 10.2. The standard InChI is InChI=1S/C11H17N3O2S/c1-2-9-6-11(14-8-13-9)12-7-10-4-3-5-17(10,15)16/h6,8,10H,2-5,7H2,1H3,(H,12,13,14). The first-order valence-corrected chi connectivity index (χ1v) is 7.59. The molecule has 0 aromatic carbocycles. The van der Waals surface area contributed by atoms with Crippen LogP contribution < -0.4 is 5.32 Å². The summed E-state index contributed by atoms with van der Waals surface area (Å²) < 4.78 is 23.3. The van der Waals surface area contributed by atoms with Gasteiger partial charge in [0.15, 0.2) is 9.84 Å². The van der Waals surface area contributed by atoms with Gasteiger partial charge in [-0.05, 0) is 19.3 Å². The summed E-state index contributed by atoms with van der Waals surface area (Å²) in [6.45, 7) is 2.47. The minimum absolute atomic E-state index is 0.262. The third-order valence-corrected chi connectivity index (χ3v) is 5.34. The highest BCUT2D eigenvalue weighted by molar-refractivity contribution is 7.92. The maximum Gasteiger partial charge on any atom is 0.154 e. The number of nitrogens with zero attached hydrogens (tertiary/aromatic N) is 2. The number of hydrogen-bond donors (Lipinski definition) is 1. The van der Waals surface area contributed by atoms with Gasteiger partial charge in [-0.1, -0.05) is 6.92 Å². The molecule has 0 bridgehead atoms. The molecule has 0 spiro atoms. The van der Waals surface area contributed by atoms with Crippen molar-refractivity contribution in [2.24, 2.45) is 0 Å². The number of sulfone groups is 1. The summed E-state index contributed by atoms with van der Waals surface area (Å²) in [7, 11) is -2.88. The Morgan fingerprint density at radius 3 is 2.94 bits per heavy atom. The molecule has 2 heterocycles. The van der Waals surface area contributed by atoms with E-state index in [2.05, 4.69) is 15.3 Å². The third-order valence-electron chi connectivity index (χ3n) is 3.06. The Bertz CT molecular complexity index is 487. The van der Waals surface area contributed by atoms with Crippen LogP contribution in [0, 0.1) is 0 Å². The average molecular weight is 255 g/mol. The van der Waals surface area contributed by atoms with Crippen LogP contribution in [0.25, 0.3) is 0 Å². The first kappa shape index (κ1) is 12.3. The van der Waals surface area contributed by atoms with Crippen molar-refractivity contribution in [2.75, 3.05) is 17.6 Å². The molecule has 1 aliphatic heterocycles. The van der Waals surface area contributed by atoms with Crippen molar-refractivity contribution in [1.29, 1.82) is 0 Å². The van der Waals surface area contributed by atoms with Crippen LogP contribution in [0.1, 0.15) is 25.5 Å². The summed E-state index contributed by atoms with van der Waals surface area (Å²) in [5.41, 5.74) is 0.955. The summed E-state index contributed by atoms with van der Waals surface area (Å²) in [5, 5.41) is 2.83. The second-order valence-electron chi connectivity index (χ2n) is 4.26. The molecule has 6 heteroatoms. The van der Waals surface area contributed by atoms with Gasteiger partial charge in [-0.2, -0.15) is 0 Å². The number of rotatable bonds is 4. The van der Waals surface area contributed by atoms with E-state index in [0.717, 1.165) is 25.0 Å². The van der Waals surface area contributed by atoms with Crippen molar-refractivity contribution in [3.8, 4) is 0 Å². The predicted octanol–water partition coefficient (Wildman–Crippen LogP) is 1.03. The lowest BCUT2D eigenvalue weighted by molar-refractivity contribution is 0.591. The summed E-state index contributed by atoms with van der Waals surface area (Å²) in [4.78, 5) is 8.18. The Morgan fingerprint density at radius 2 is 2.29 bits per heavy atom. The number of aryl methyl sites for hydroxylation is 1. The molecule has 1 N–H and O–H groups in total.